The van der Waals surface area contributed by atoms with E-state index in [2.05, 4.69) is 10.2 Å². The number of aromatic nitrogens is 3. The highest BCUT2D eigenvalue weighted by Gasteiger charge is 2.29. The maximum atomic E-state index is 12.6. The highest BCUT2D eigenvalue weighted by molar-refractivity contribution is 7.71. The highest BCUT2D eigenvalue weighted by atomic mass is 32.1. The van der Waals surface area contributed by atoms with Crippen LogP contribution in [0.5, 0.6) is 0 Å². The minimum absolute atomic E-state index is 0.120. The van der Waals surface area contributed by atoms with Gasteiger partial charge in [0.15, 0.2) is 10.6 Å². The van der Waals surface area contributed by atoms with Gasteiger partial charge in [-0.3, -0.25) is 14.5 Å². The molecule has 0 aliphatic carbocycles. The fourth-order valence-electron chi connectivity index (χ4n) is 3.04. The van der Waals surface area contributed by atoms with Crippen LogP contribution in [0, 0.1) is 11.7 Å². The lowest BCUT2D eigenvalue weighted by molar-refractivity contribution is -0.146. The lowest BCUT2D eigenvalue weighted by Crippen LogP contribution is -2.50. The summed E-state index contributed by atoms with van der Waals surface area (Å²) < 4.78 is 8.10. The Morgan fingerprint density at radius 3 is 2.76 bits per heavy atom. The maximum absolute atomic E-state index is 12.6. The number of carbonyl (C=O) groups is 1. The molecule has 0 radical (unpaired) electrons. The van der Waals surface area contributed by atoms with Crippen molar-refractivity contribution >= 4 is 18.1 Å². The predicted octanol–water partition coefficient (Wildman–Crippen LogP) is 2.94. The molecule has 25 heavy (non-hydrogen) atoms. The third-order valence-corrected chi connectivity index (χ3v) is 4.71. The monoisotopic (exact) mass is 360 g/mol. The molecule has 1 aliphatic heterocycles. The molecule has 2 heterocycles. The van der Waals surface area contributed by atoms with E-state index in [1.807, 2.05) is 54.5 Å². The summed E-state index contributed by atoms with van der Waals surface area (Å²) in [6.07, 6.45) is 0.392. The molecular formula is C18H24N4O2S. The highest BCUT2D eigenvalue weighted by Crippen LogP contribution is 2.20. The average Bonchev–Trinajstić information content (AvgIpc) is 2.93. The van der Waals surface area contributed by atoms with E-state index >= 15 is 0 Å². The number of aromatic amines is 1. The van der Waals surface area contributed by atoms with E-state index in [4.69, 9.17) is 17.0 Å². The van der Waals surface area contributed by atoms with Crippen molar-refractivity contribution in [1.29, 1.82) is 0 Å². The van der Waals surface area contributed by atoms with Crippen LogP contribution in [0.2, 0.25) is 0 Å². The van der Waals surface area contributed by atoms with Crippen LogP contribution in [0.4, 0.5) is 0 Å². The fourth-order valence-corrected chi connectivity index (χ4v) is 3.27. The molecule has 1 saturated heterocycles. The van der Waals surface area contributed by atoms with Gasteiger partial charge in [-0.2, -0.15) is 5.10 Å². The fraction of sp³-hybridized carbons (Fsp3) is 0.500. The van der Waals surface area contributed by atoms with Crippen molar-refractivity contribution in [1.82, 2.24) is 19.7 Å². The van der Waals surface area contributed by atoms with E-state index in [-0.39, 0.29) is 11.5 Å². The molecule has 3 rings (SSSR count). The number of aryl methyl sites for hydroxylation is 1. The van der Waals surface area contributed by atoms with Gasteiger partial charge >= 0.3 is 0 Å². The number of nitrogens with zero attached hydrogens (tertiary/aromatic N) is 3. The first-order valence-corrected chi connectivity index (χ1v) is 8.90. The van der Waals surface area contributed by atoms with Crippen LogP contribution in [-0.4, -0.2) is 50.9 Å². The Bertz CT molecular complexity index is 807. The molecule has 0 saturated carbocycles. The summed E-state index contributed by atoms with van der Waals surface area (Å²) in [6.45, 7) is 8.41. The Morgan fingerprint density at radius 2 is 2.08 bits per heavy atom. The summed E-state index contributed by atoms with van der Waals surface area (Å²) in [7, 11) is 0. The van der Waals surface area contributed by atoms with Crippen molar-refractivity contribution in [2.75, 3.05) is 19.7 Å². The van der Waals surface area contributed by atoms with E-state index in [1.54, 1.807) is 0 Å². The molecule has 1 aromatic carbocycles. The molecule has 1 aromatic heterocycles. The molecule has 0 spiro atoms. The van der Waals surface area contributed by atoms with Crippen LogP contribution < -0.4 is 0 Å². The van der Waals surface area contributed by atoms with Gasteiger partial charge in [0, 0.05) is 31.6 Å². The second-order valence-electron chi connectivity index (χ2n) is 7.04. The summed E-state index contributed by atoms with van der Waals surface area (Å²) in [5.74, 6) is 0.884. The van der Waals surface area contributed by atoms with E-state index in [9.17, 15) is 4.79 Å². The van der Waals surface area contributed by atoms with Crippen LogP contribution in [0.25, 0.3) is 11.4 Å². The SMILES string of the molecule is Cc1ccc(-c2n[nH]c(=S)n2CCC(=O)N2CCOC(C)(C)C2)cc1. The lowest BCUT2D eigenvalue weighted by Gasteiger charge is -2.38. The smallest absolute Gasteiger partial charge is 0.224 e. The Morgan fingerprint density at radius 1 is 1.36 bits per heavy atom. The molecule has 0 atom stereocenters. The topological polar surface area (TPSA) is 63.2 Å². The maximum Gasteiger partial charge on any atom is 0.224 e. The molecule has 1 fully saturated rings. The second kappa shape index (κ2) is 7.09. The molecule has 0 bridgehead atoms. The Hall–Kier alpha value is -1.99. The van der Waals surface area contributed by atoms with Crippen molar-refractivity contribution in [2.45, 2.75) is 39.3 Å². The van der Waals surface area contributed by atoms with Crippen molar-refractivity contribution in [3.63, 3.8) is 0 Å². The molecule has 2 aromatic rings. The van der Waals surface area contributed by atoms with Gasteiger partial charge in [-0.1, -0.05) is 29.8 Å². The third kappa shape index (κ3) is 4.16. The van der Waals surface area contributed by atoms with Gasteiger partial charge < -0.3 is 9.64 Å². The normalized spacial score (nSPS) is 16.8. The van der Waals surface area contributed by atoms with Crippen LogP contribution in [-0.2, 0) is 16.1 Å². The first-order chi connectivity index (χ1) is 11.9. The molecule has 134 valence electrons. The van der Waals surface area contributed by atoms with Crippen LogP contribution in [0.15, 0.2) is 24.3 Å². The lowest BCUT2D eigenvalue weighted by atomic mass is 10.1. The number of hydrogen-bond acceptors (Lipinski definition) is 4. The first kappa shape index (κ1) is 17.8. The zero-order valence-electron chi connectivity index (χ0n) is 14.9. The minimum atomic E-state index is -0.285. The van der Waals surface area contributed by atoms with E-state index in [0.717, 1.165) is 11.4 Å². The molecular weight excluding hydrogens is 336 g/mol. The number of morpholine rings is 1. The number of ether oxygens (including phenoxy) is 1. The van der Waals surface area contributed by atoms with Gasteiger partial charge in [0.25, 0.3) is 0 Å². The largest absolute Gasteiger partial charge is 0.372 e. The molecule has 0 unspecified atom stereocenters. The van der Waals surface area contributed by atoms with Gasteiger partial charge in [-0.25, -0.2) is 0 Å². The van der Waals surface area contributed by atoms with Crippen molar-refractivity contribution in [3.8, 4) is 11.4 Å². The van der Waals surface area contributed by atoms with Crippen molar-refractivity contribution in [2.24, 2.45) is 0 Å². The summed E-state index contributed by atoms with van der Waals surface area (Å²) in [5.41, 5.74) is 1.89. The number of rotatable bonds is 4. The quantitative estimate of drug-likeness (QED) is 0.852. The number of nitrogens with one attached hydrogen (secondary N) is 1. The van der Waals surface area contributed by atoms with Gasteiger partial charge in [-0.05, 0) is 33.0 Å². The van der Waals surface area contributed by atoms with E-state index < -0.39 is 0 Å². The summed E-state index contributed by atoms with van der Waals surface area (Å²) >= 11 is 5.34. The average molecular weight is 360 g/mol. The van der Waals surface area contributed by atoms with Crippen LogP contribution in [0.1, 0.15) is 25.8 Å². The number of benzene rings is 1. The zero-order chi connectivity index (χ0) is 18.0. The van der Waals surface area contributed by atoms with E-state index in [0.29, 0.717) is 37.4 Å². The standard InChI is InChI=1S/C18H24N4O2S/c1-13-4-6-14(7-5-13)16-19-20-17(25)22(16)9-8-15(23)21-10-11-24-18(2,3)12-21/h4-7H,8-12H2,1-3H3,(H,20,25). The van der Waals surface area contributed by atoms with Gasteiger partial charge in [0.05, 0.1) is 12.2 Å². The zero-order valence-corrected chi connectivity index (χ0v) is 15.7. The molecule has 7 heteroatoms. The Kier molecular flexibility index (Phi) is 5.06. The molecule has 1 N–H and O–H groups in total. The number of hydrogen-bond donors (Lipinski definition) is 1. The Balaban J connectivity index is 1.71. The third-order valence-electron chi connectivity index (χ3n) is 4.40. The second-order valence-corrected chi connectivity index (χ2v) is 7.43. The van der Waals surface area contributed by atoms with Gasteiger partial charge in [0.2, 0.25) is 5.91 Å². The summed E-state index contributed by atoms with van der Waals surface area (Å²) in [5, 5.41) is 7.17. The first-order valence-electron chi connectivity index (χ1n) is 8.50. The van der Waals surface area contributed by atoms with Gasteiger partial charge in [0.1, 0.15) is 0 Å². The van der Waals surface area contributed by atoms with E-state index in [1.165, 1.54) is 5.56 Å². The number of H-pyrrole nitrogens is 1. The molecule has 6 nitrogen and oxygen atoms in total. The van der Waals surface area contributed by atoms with Crippen molar-refractivity contribution < 1.29 is 9.53 Å². The Labute approximate surface area is 152 Å². The predicted molar refractivity (Wildman–Crippen MR) is 98.8 cm³/mol. The minimum Gasteiger partial charge on any atom is -0.372 e. The van der Waals surface area contributed by atoms with Gasteiger partial charge in [-0.15, -0.1) is 0 Å². The number of carbonyl (C=O) groups excluding carboxylic acids is 1. The number of amides is 1. The van der Waals surface area contributed by atoms with Crippen LogP contribution >= 0.6 is 12.2 Å². The summed E-state index contributed by atoms with van der Waals surface area (Å²) in [4.78, 5) is 14.5. The molecule has 1 aliphatic rings. The molecule has 1 amide bonds. The van der Waals surface area contributed by atoms with Crippen molar-refractivity contribution in [3.05, 3.63) is 34.6 Å². The summed E-state index contributed by atoms with van der Waals surface area (Å²) in [6, 6.07) is 8.11. The van der Waals surface area contributed by atoms with Crippen LogP contribution in [0.3, 0.4) is 0 Å².